The molecule has 1 aliphatic rings. The molecule has 1 atom stereocenters. The van der Waals surface area contributed by atoms with E-state index in [0.29, 0.717) is 6.17 Å². The van der Waals surface area contributed by atoms with E-state index in [-0.39, 0.29) is 0 Å². The van der Waals surface area contributed by atoms with Crippen molar-refractivity contribution in [3.05, 3.63) is 0 Å². The van der Waals surface area contributed by atoms with E-state index in [9.17, 15) is 0 Å². The van der Waals surface area contributed by atoms with Gasteiger partial charge in [-0.15, -0.1) is 0 Å². The van der Waals surface area contributed by atoms with Crippen molar-refractivity contribution in [2.75, 3.05) is 33.4 Å². The van der Waals surface area contributed by atoms with Crippen LogP contribution in [0.1, 0.15) is 6.92 Å². The highest BCUT2D eigenvalue weighted by Crippen LogP contribution is 1.99. The molecular formula is C7H16N2O. The molecule has 60 valence electrons. The Bertz CT molecular complexity index is 95.6. The highest BCUT2D eigenvalue weighted by Gasteiger charge is 2.16. The molecule has 0 spiro atoms. The number of nitrogens with zero attached hydrogens (tertiary/aromatic N) is 1. The number of nitrogens with one attached hydrogen (secondary N) is 1. The maximum Gasteiger partial charge on any atom is 0.0836 e. The van der Waals surface area contributed by atoms with Crippen molar-refractivity contribution in [2.24, 2.45) is 0 Å². The Balaban J connectivity index is 2.25. The van der Waals surface area contributed by atoms with Crippen LogP contribution >= 0.6 is 0 Å². The van der Waals surface area contributed by atoms with Crippen LogP contribution in [-0.2, 0) is 4.74 Å². The van der Waals surface area contributed by atoms with Gasteiger partial charge in [-0.25, -0.2) is 0 Å². The molecule has 0 bridgehead atoms. The molecule has 0 aromatic heterocycles. The summed E-state index contributed by atoms with van der Waals surface area (Å²) in [6.07, 6.45) is 0.429. The molecule has 0 aromatic rings. The number of likely N-dealkylation sites (N-methyl/N-ethyl adjacent to an activating group) is 2. The minimum absolute atomic E-state index is 0.429. The maximum atomic E-state index is 5.30. The number of ether oxygens (including phenoxy) is 1. The van der Waals surface area contributed by atoms with Gasteiger partial charge in [0.1, 0.15) is 0 Å². The van der Waals surface area contributed by atoms with E-state index in [2.05, 4.69) is 24.2 Å². The van der Waals surface area contributed by atoms with Gasteiger partial charge in [-0.2, -0.15) is 0 Å². The highest BCUT2D eigenvalue weighted by atomic mass is 16.5. The van der Waals surface area contributed by atoms with Crippen LogP contribution in [0, 0.1) is 0 Å². The molecule has 0 amide bonds. The maximum absolute atomic E-state index is 5.30. The molecule has 1 rings (SSSR count). The molecule has 0 aliphatic carbocycles. The van der Waals surface area contributed by atoms with Gasteiger partial charge in [0.25, 0.3) is 0 Å². The molecule has 1 N–H and O–H groups in total. The van der Waals surface area contributed by atoms with Gasteiger partial charge in [-0.1, -0.05) is 6.92 Å². The molecular weight excluding hydrogens is 128 g/mol. The number of hydrogen-bond acceptors (Lipinski definition) is 3. The molecule has 10 heavy (non-hydrogen) atoms. The van der Waals surface area contributed by atoms with Gasteiger partial charge >= 0.3 is 0 Å². The van der Waals surface area contributed by atoms with E-state index in [1.165, 1.54) is 0 Å². The Labute approximate surface area is 62.3 Å². The Morgan fingerprint density at radius 2 is 2.50 bits per heavy atom. The third-order valence-corrected chi connectivity index (χ3v) is 1.84. The summed E-state index contributed by atoms with van der Waals surface area (Å²) >= 11 is 0. The van der Waals surface area contributed by atoms with Crippen molar-refractivity contribution in [3.8, 4) is 0 Å². The molecule has 3 heteroatoms. The molecule has 1 heterocycles. The van der Waals surface area contributed by atoms with Crippen LogP contribution in [0.4, 0.5) is 0 Å². The smallest absolute Gasteiger partial charge is 0.0836 e. The Morgan fingerprint density at radius 1 is 1.70 bits per heavy atom. The van der Waals surface area contributed by atoms with Gasteiger partial charge in [-0.3, -0.25) is 4.90 Å². The van der Waals surface area contributed by atoms with E-state index in [1.807, 2.05) is 0 Å². The minimum atomic E-state index is 0.429. The van der Waals surface area contributed by atoms with Gasteiger partial charge in [0.15, 0.2) is 0 Å². The van der Waals surface area contributed by atoms with E-state index in [0.717, 1.165) is 26.3 Å². The molecule has 0 radical (unpaired) electrons. The largest absolute Gasteiger partial charge is 0.377 e. The lowest BCUT2D eigenvalue weighted by atomic mass is 10.4. The molecule has 0 saturated carbocycles. The lowest BCUT2D eigenvalue weighted by Gasteiger charge is -2.32. The van der Waals surface area contributed by atoms with Crippen LogP contribution < -0.4 is 5.32 Å². The number of morpholine rings is 1. The SMILES string of the molecule is CCNC1COCCN1C. The average Bonchev–Trinajstić information content (AvgIpc) is 1.94. The van der Waals surface area contributed by atoms with Crippen LogP contribution in [0.2, 0.25) is 0 Å². The van der Waals surface area contributed by atoms with Crippen LogP contribution in [-0.4, -0.2) is 44.4 Å². The van der Waals surface area contributed by atoms with Crippen molar-refractivity contribution in [2.45, 2.75) is 13.1 Å². The van der Waals surface area contributed by atoms with Crippen LogP contribution in [0.25, 0.3) is 0 Å². The summed E-state index contributed by atoms with van der Waals surface area (Å²) in [6.45, 7) is 5.86. The zero-order valence-corrected chi connectivity index (χ0v) is 6.76. The normalized spacial score (nSPS) is 28.8. The van der Waals surface area contributed by atoms with E-state index < -0.39 is 0 Å². The first-order chi connectivity index (χ1) is 4.84. The summed E-state index contributed by atoms with van der Waals surface area (Å²) < 4.78 is 5.30. The summed E-state index contributed by atoms with van der Waals surface area (Å²) in [7, 11) is 2.12. The minimum Gasteiger partial charge on any atom is -0.377 e. The van der Waals surface area contributed by atoms with E-state index in [4.69, 9.17) is 4.74 Å². The summed E-state index contributed by atoms with van der Waals surface area (Å²) in [5, 5.41) is 3.34. The van der Waals surface area contributed by atoms with Crippen molar-refractivity contribution >= 4 is 0 Å². The van der Waals surface area contributed by atoms with Crippen molar-refractivity contribution < 1.29 is 4.74 Å². The van der Waals surface area contributed by atoms with Crippen molar-refractivity contribution in [1.29, 1.82) is 0 Å². The fourth-order valence-corrected chi connectivity index (χ4v) is 1.14. The zero-order valence-electron chi connectivity index (χ0n) is 6.76. The fraction of sp³-hybridized carbons (Fsp3) is 1.00. The van der Waals surface area contributed by atoms with E-state index >= 15 is 0 Å². The van der Waals surface area contributed by atoms with Gasteiger partial charge in [0.2, 0.25) is 0 Å². The second-order valence-electron chi connectivity index (χ2n) is 2.63. The Hall–Kier alpha value is -0.120. The second-order valence-corrected chi connectivity index (χ2v) is 2.63. The number of rotatable bonds is 2. The topological polar surface area (TPSA) is 24.5 Å². The van der Waals surface area contributed by atoms with E-state index in [1.54, 1.807) is 0 Å². The first kappa shape index (κ1) is 7.98. The molecule has 3 nitrogen and oxygen atoms in total. The average molecular weight is 144 g/mol. The van der Waals surface area contributed by atoms with Crippen LogP contribution in [0.15, 0.2) is 0 Å². The van der Waals surface area contributed by atoms with Crippen molar-refractivity contribution in [1.82, 2.24) is 10.2 Å². The second kappa shape index (κ2) is 3.91. The molecule has 1 aliphatic heterocycles. The van der Waals surface area contributed by atoms with Crippen LogP contribution in [0.5, 0.6) is 0 Å². The zero-order chi connectivity index (χ0) is 7.40. The fourth-order valence-electron chi connectivity index (χ4n) is 1.14. The standard InChI is InChI=1S/C7H16N2O/c1-3-8-7-6-10-5-4-9(7)2/h7-8H,3-6H2,1-2H3. The summed E-state index contributed by atoms with van der Waals surface area (Å²) in [5.41, 5.74) is 0. The first-order valence-electron chi connectivity index (χ1n) is 3.86. The quantitative estimate of drug-likeness (QED) is 0.585. The predicted octanol–water partition coefficient (Wildman–Crippen LogP) is -0.116. The molecule has 1 saturated heterocycles. The Morgan fingerprint density at radius 3 is 3.10 bits per heavy atom. The summed E-state index contributed by atoms with van der Waals surface area (Å²) in [4.78, 5) is 2.28. The lowest BCUT2D eigenvalue weighted by Crippen LogP contribution is -2.51. The van der Waals surface area contributed by atoms with Gasteiger partial charge < -0.3 is 10.1 Å². The van der Waals surface area contributed by atoms with Crippen molar-refractivity contribution in [3.63, 3.8) is 0 Å². The first-order valence-corrected chi connectivity index (χ1v) is 3.86. The third kappa shape index (κ3) is 1.94. The summed E-state index contributed by atoms with van der Waals surface area (Å²) in [5.74, 6) is 0. The van der Waals surface area contributed by atoms with Gasteiger partial charge in [-0.05, 0) is 13.6 Å². The predicted molar refractivity (Wildman–Crippen MR) is 40.9 cm³/mol. The van der Waals surface area contributed by atoms with Crippen LogP contribution in [0.3, 0.4) is 0 Å². The summed E-state index contributed by atoms with van der Waals surface area (Å²) in [6, 6.07) is 0. The number of hydrogen-bond donors (Lipinski definition) is 1. The van der Waals surface area contributed by atoms with Gasteiger partial charge in [0.05, 0.1) is 19.4 Å². The molecule has 0 aromatic carbocycles. The molecule has 1 fully saturated rings. The monoisotopic (exact) mass is 144 g/mol. The lowest BCUT2D eigenvalue weighted by molar-refractivity contribution is -0.00641. The highest BCUT2D eigenvalue weighted by molar-refractivity contribution is 4.68. The Kier molecular flexibility index (Phi) is 3.12. The third-order valence-electron chi connectivity index (χ3n) is 1.84. The molecule has 1 unspecified atom stereocenters. The van der Waals surface area contributed by atoms with Gasteiger partial charge in [0, 0.05) is 6.54 Å².